The Hall–Kier alpha value is -2.95. The summed E-state index contributed by atoms with van der Waals surface area (Å²) < 4.78 is 2.34. The molecule has 27 heavy (non-hydrogen) atoms. The SMILES string of the molecule is CC(=NNC(=O)CCn1c2c(c3ccccc31)CCCC2)c1ccncc1. The van der Waals surface area contributed by atoms with Crippen molar-refractivity contribution >= 4 is 22.5 Å². The summed E-state index contributed by atoms with van der Waals surface area (Å²) in [6, 6.07) is 12.3. The van der Waals surface area contributed by atoms with Gasteiger partial charge in [-0.3, -0.25) is 9.78 Å². The number of carbonyl (C=O) groups excluding carboxylic acids is 1. The van der Waals surface area contributed by atoms with Gasteiger partial charge in [-0.05, 0) is 56.4 Å². The van der Waals surface area contributed by atoms with Gasteiger partial charge in [-0.2, -0.15) is 5.10 Å². The lowest BCUT2D eigenvalue weighted by Crippen LogP contribution is -2.21. The van der Waals surface area contributed by atoms with Gasteiger partial charge in [0.1, 0.15) is 0 Å². The van der Waals surface area contributed by atoms with Crippen LogP contribution in [0.15, 0.2) is 53.9 Å². The van der Waals surface area contributed by atoms with Gasteiger partial charge in [0.2, 0.25) is 5.91 Å². The number of fused-ring (bicyclic) bond motifs is 3. The van der Waals surface area contributed by atoms with Crippen molar-refractivity contribution in [1.82, 2.24) is 15.0 Å². The average Bonchev–Trinajstić information content (AvgIpc) is 3.05. The molecule has 0 fully saturated rings. The Kier molecular flexibility index (Phi) is 5.01. The van der Waals surface area contributed by atoms with Crippen LogP contribution in [0.5, 0.6) is 0 Å². The predicted molar refractivity (Wildman–Crippen MR) is 108 cm³/mol. The van der Waals surface area contributed by atoms with Crippen molar-refractivity contribution in [3.8, 4) is 0 Å². The standard InChI is InChI=1S/C22H24N4O/c1-16(17-10-13-23-14-11-17)24-25-22(27)12-15-26-20-8-4-2-6-18(20)19-7-3-5-9-21(19)26/h2,4,6,8,10-11,13-14H,3,5,7,9,12,15H2,1H3,(H,25,27). The van der Waals surface area contributed by atoms with E-state index in [1.807, 2.05) is 19.1 Å². The van der Waals surface area contributed by atoms with Crippen LogP contribution in [-0.4, -0.2) is 21.2 Å². The molecule has 0 spiro atoms. The fourth-order valence-electron chi connectivity index (χ4n) is 3.92. The molecular formula is C22H24N4O. The van der Waals surface area contributed by atoms with Crippen LogP contribution in [0.25, 0.3) is 10.9 Å². The molecule has 3 aromatic rings. The van der Waals surface area contributed by atoms with Crippen LogP contribution in [0.3, 0.4) is 0 Å². The minimum absolute atomic E-state index is 0.0641. The quantitative estimate of drug-likeness (QED) is 0.555. The summed E-state index contributed by atoms with van der Waals surface area (Å²) in [7, 11) is 0. The van der Waals surface area contributed by atoms with Gasteiger partial charge in [0.05, 0.1) is 5.71 Å². The highest BCUT2D eigenvalue weighted by atomic mass is 16.2. The van der Waals surface area contributed by atoms with Crippen molar-refractivity contribution in [3.05, 3.63) is 65.6 Å². The molecule has 0 bridgehead atoms. The number of aromatic nitrogens is 2. The highest BCUT2D eigenvalue weighted by Crippen LogP contribution is 2.32. The Balaban J connectivity index is 1.47. The number of aryl methyl sites for hydroxylation is 2. The molecule has 0 radical (unpaired) electrons. The van der Waals surface area contributed by atoms with E-state index in [-0.39, 0.29) is 5.91 Å². The van der Waals surface area contributed by atoms with E-state index in [0.29, 0.717) is 13.0 Å². The van der Waals surface area contributed by atoms with Crippen molar-refractivity contribution in [3.63, 3.8) is 0 Å². The number of hydrazone groups is 1. The number of amides is 1. The fourth-order valence-corrected chi connectivity index (χ4v) is 3.92. The highest BCUT2D eigenvalue weighted by Gasteiger charge is 2.19. The maximum atomic E-state index is 12.3. The fraction of sp³-hybridized carbons (Fsp3) is 0.318. The molecule has 0 saturated heterocycles. The molecule has 2 aromatic heterocycles. The highest BCUT2D eigenvalue weighted by molar-refractivity contribution is 5.99. The van der Waals surface area contributed by atoms with E-state index in [1.54, 1.807) is 12.4 Å². The average molecular weight is 360 g/mol. The lowest BCUT2D eigenvalue weighted by Gasteiger charge is -2.15. The van der Waals surface area contributed by atoms with Crippen molar-refractivity contribution in [2.45, 2.75) is 45.6 Å². The number of para-hydroxylation sites is 1. The van der Waals surface area contributed by atoms with Gasteiger partial charge in [-0.15, -0.1) is 0 Å². The summed E-state index contributed by atoms with van der Waals surface area (Å²) >= 11 is 0. The molecule has 1 N–H and O–H groups in total. The van der Waals surface area contributed by atoms with Gasteiger partial charge in [0.15, 0.2) is 0 Å². The second kappa shape index (κ2) is 7.74. The first-order chi connectivity index (χ1) is 13.2. The second-order valence-electron chi connectivity index (χ2n) is 7.02. The molecule has 2 heterocycles. The number of rotatable bonds is 5. The number of carbonyl (C=O) groups is 1. The summed E-state index contributed by atoms with van der Waals surface area (Å²) in [6.07, 6.45) is 8.58. The number of hydrogen-bond donors (Lipinski definition) is 1. The summed E-state index contributed by atoms with van der Waals surface area (Å²) in [5.74, 6) is -0.0641. The third-order valence-electron chi connectivity index (χ3n) is 5.29. The third-order valence-corrected chi connectivity index (χ3v) is 5.29. The molecule has 0 unspecified atom stereocenters. The molecule has 5 heteroatoms. The zero-order valence-corrected chi connectivity index (χ0v) is 15.6. The topological polar surface area (TPSA) is 59.3 Å². The van der Waals surface area contributed by atoms with Crippen molar-refractivity contribution < 1.29 is 4.79 Å². The number of nitrogens with zero attached hydrogens (tertiary/aromatic N) is 3. The summed E-state index contributed by atoms with van der Waals surface area (Å²) in [5.41, 5.74) is 8.54. The van der Waals surface area contributed by atoms with Crippen LogP contribution in [-0.2, 0) is 24.2 Å². The number of benzene rings is 1. The summed E-state index contributed by atoms with van der Waals surface area (Å²) in [4.78, 5) is 16.3. The Bertz CT molecular complexity index is 988. The number of pyridine rings is 1. The molecule has 1 aliphatic carbocycles. The van der Waals surface area contributed by atoms with Crippen molar-refractivity contribution in [2.75, 3.05) is 0 Å². The zero-order valence-electron chi connectivity index (χ0n) is 15.6. The van der Waals surface area contributed by atoms with Crippen LogP contribution in [0.2, 0.25) is 0 Å². The second-order valence-corrected chi connectivity index (χ2v) is 7.02. The Labute approximate surface area is 159 Å². The first-order valence-corrected chi connectivity index (χ1v) is 9.56. The summed E-state index contributed by atoms with van der Waals surface area (Å²) in [6.45, 7) is 2.57. The largest absolute Gasteiger partial charge is 0.344 e. The van der Waals surface area contributed by atoms with Crippen LogP contribution in [0.1, 0.15) is 43.0 Å². The number of hydrogen-bond acceptors (Lipinski definition) is 3. The summed E-state index contributed by atoms with van der Waals surface area (Å²) in [5, 5.41) is 5.57. The molecule has 0 saturated carbocycles. The van der Waals surface area contributed by atoms with E-state index in [2.05, 4.69) is 44.3 Å². The zero-order chi connectivity index (χ0) is 18.6. The Morgan fingerprint density at radius 1 is 1.15 bits per heavy atom. The predicted octanol–water partition coefficient (Wildman–Crippen LogP) is 3.85. The van der Waals surface area contributed by atoms with Gasteiger partial charge < -0.3 is 4.57 Å². The Morgan fingerprint density at radius 2 is 1.93 bits per heavy atom. The minimum Gasteiger partial charge on any atom is -0.344 e. The molecule has 4 rings (SSSR count). The first-order valence-electron chi connectivity index (χ1n) is 9.56. The van der Waals surface area contributed by atoms with E-state index in [0.717, 1.165) is 24.1 Å². The van der Waals surface area contributed by atoms with Gasteiger partial charge in [0.25, 0.3) is 0 Å². The molecule has 1 aliphatic rings. The van der Waals surface area contributed by atoms with E-state index >= 15 is 0 Å². The molecule has 1 aromatic carbocycles. The van der Waals surface area contributed by atoms with E-state index in [4.69, 9.17) is 0 Å². The molecular weight excluding hydrogens is 336 g/mol. The molecule has 0 atom stereocenters. The first kappa shape index (κ1) is 17.5. The lowest BCUT2D eigenvalue weighted by atomic mass is 9.95. The van der Waals surface area contributed by atoms with Gasteiger partial charge in [-0.1, -0.05) is 18.2 Å². The lowest BCUT2D eigenvalue weighted by molar-refractivity contribution is -0.121. The van der Waals surface area contributed by atoms with Crippen molar-refractivity contribution in [1.29, 1.82) is 0 Å². The van der Waals surface area contributed by atoms with E-state index in [1.165, 1.54) is 35.0 Å². The van der Waals surface area contributed by atoms with E-state index in [9.17, 15) is 4.79 Å². The maximum Gasteiger partial charge on any atom is 0.241 e. The van der Waals surface area contributed by atoms with Gasteiger partial charge in [-0.25, -0.2) is 5.43 Å². The van der Waals surface area contributed by atoms with E-state index < -0.39 is 0 Å². The van der Waals surface area contributed by atoms with Crippen LogP contribution in [0, 0.1) is 0 Å². The maximum absolute atomic E-state index is 12.3. The third kappa shape index (κ3) is 3.63. The van der Waals surface area contributed by atoms with Crippen molar-refractivity contribution in [2.24, 2.45) is 5.10 Å². The van der Waals surface area contributed by atoms with Gasteiger partial charge >= 0.3 is 0 Å². The monoisotopic (exact) mass is 360 g/mol. The van der Waals surface area contributed by atoms with Gasteiger partial charge in [0, 0.05) is 47.5 Å². The van der Waals surface area contributed by atoms with Crippen LogP contribution in [0.4, 0.5) is 0 Å². The number of nitrogens with one attached hydrogen (secondary N) is 1. The Morgan fingerprint density at radius 3 is 2.78 bits per heavy atom. The molecule has 5 nitrogen and oxygen atoms in total. The van der Waals surface area contributed by atoms with Crippen LogP contribution >= 0.6 is 0 Å². The smallest absolute Gasteiger partial charge is 0.241 e. The minimum atomic E-state index is -0.0641. The molecule has 1 amide bonds. The van der Waals surface area contributed by atoms with Crippen LogP contribution < -0.4 is 5.43 Å². The molecule has 0 aliphatic heterocycles. The molecule has 138 valence electrons. The normalized spacial score (nSPS) is 14.2.